The van der Waals surface area contributed by atoms with Crippen molar-refractivity contribution in [1.29, 1.82) is 0 Å². The molecular weight excluding hydrogens is 241 g/mol. The largest absolute Gasteiger partial charge is 0.373 e. The van der Waals surface area contributed by atoms with Crippen LogP contribution in [0.15, 0.2) is 18.2 Å². The molecule has 19 heavy (non-hydrogen) atoms. The lowest BCUT2D eigenvalue weighted by molar-refractivity contribution is -0.0165. The van der Waals surface area contributed by atoms with Crippen LogP contribution >= 0.6 is 0 Å². The van der Waals surface area contributed by atoms with Crippen molar-refractivity contribution in [3.8, 4) is 0 Å². The smallest absolute Gasteiger partial charge is 0.128 e. The number of ether oxygens (including phenoxy) is 1. The predicted molar refractivity (Wildman–Crippen MR) is 75.4 cm³/mol. The molecule has 0 aromatic heterocycles. The Morgan fingerprint density at radius 3 is 2.84 bits per heavy atom. The van der Waals surface area contributed by atoms with Gasteiger partial charge in [0.1, 0.15) is 5.82 Å². The first kappa shape index (κ1) is 14.5. The topological polar surface area (TPSA) is 21.3 Å². The molecule has 0 bridgehead atoms. The normalized spacial score (nSPS) is 23.5. The minimum Gasteiger partial charge on any atom is -0.373 e. The van der Waals surface area contributed by atoms with E-state index in [0.717, 1.165) is 18.5 Å². The highest BCUT2D eigenvalue weighted by molar-refractivity contribution is 5.24. The Morgan fingerprint density at radius 1 is 1.32 bits per heavy atom. The van der Waals surface area contributed by atoms with E-state index in [2.05, 4.69) is 12.2 Å². The molecule has 2 rings (SSSR count). The molecule has 0 heterocycles. The van der Waals surface area contributed by atoms with Crippen LogP contribution < -0.4 is 5.32 Å². The van der Waals surface area contributed by atoms with Gasteiger partial charge >= 0.3 is 0 Å². The summed E-state index contributed by atoms with van der Waals surface area (Å²) in [6, 6.07) is 5.26. The molecule has 2 nitrogen and oxygen atoms in total. The first-order valence-corrected chi connectivity index (χ1v) is 7.24. The summed E-state index contributed by atoms with van der Waals surface area (Å²) in [6.07, 6.45) is 5.16. The van der Waals surface area contributed by atoms with Crippen molar-refractivity contribution in [2.45, 2.75) is 51.9 Å². The first-order valence-electron chi connectivity index (χ1n) is 7.24. The average molecular weight is 265 g/mol. The Morgan fingerprint density at radius 2 is 2.11 bits per heavy atom. The summed E-state index contributed by atoms with van der Waals surface area (Å²) < 4.78 is 19.7. The third-order valence-corrected chi connectivity index (χ3v) is 3.98. The fourth-order valence-corrected chi connectivity index (χ4v) is 2.78. The molecule has 3 heteroatoms. The molecule has 2 unspecified atom stereocenters. The van der Waals surface area contributed by atoms with Crippen molar-refractivity contribution in [2.75, 3.05) is 7.05 Å². The lowest BCUT2D eigenvalue weighted by Crippen LogP contribution is -2.25. The second-order valence-electron chi connectivity index (χ2n) is 5.57. The van der Waals surface area contributed by atoms with Gasteiger partial charge in [-0.3, -0.25) is 0 Å². The summed E-state index contributed by atoms with van der Waals surface area (Å²) in [5.41, 5.74) is 1.77. The average Bonchev–Trinajstić information content (AvgIpc) is 2.41. The second kappa shape index (κ2) is 7.01. The molecule has 106 valence electrons. The predicted octanol–water partition coefficient (Wildman–Crippen LogP) is 3.64. The summed E-state index contributed by atoms with van der Waals surface area (Å²) in [7, 11) is 1.89. The second-order valence-corrected chi connectivity index (χ2v) is 5.57. The van der Waals surface area contributed by atoms with Crippen molar-refractivity contribution in [2.24, 2.45) is 5.92 Å². The molecule has 1 aliphatic rings. The van der Waals surface area contributed by atoms with Gasteiger partial charge in [-0.1, -0.05) is 25.8 Å². The maximum Gasteiger partial charge on any atom is 0.128 e. The van der Waals surface area contributed by atoms with Gasteiger partial charge in [-0.2, -0.15) is 0 Å². The molecular formula is C16H24FNO. The minimum atomic E-state index is -0.164. The van der Waals surface area contributed by atoms with Gasteiger partial charge in [0.15, 0.2) is 0 Å². The van der Waals surface area contributed by atoms with Crippen molar-refractivity contribution in [3.05, 3.63) is 35.1 Å². The van der Waals surface area contributed by atoms with E-state index < -0.39 is 0 Å². The molecule has 1 N–H and O–H groups in total. The third-order valence-electron chi connectivity index (χ3n) is 3.98. The fraction of sp³-hybridized carbons (Fsp3) is 0.625. The van der Waals surface area contributed by atoms with E-state index in [0.29, 0.717) is 24.2 Å². The van der Waals surface area contributed by atoms with Gasteiger partial charge in [0, 0.05) is 12.1 Å². The quantitative estimate of drug-likeness (QED) is 0.877. The van der Waals surface area contributed by atoms with Crippen LogP contribution in [0.1, 0.15) is 43.7 Å². The zero-order chi connectivity index (χ0) is 13.7. The van der Waals surface area contributed by atoms with E-state index >= 15 is 0 Å². The van der Waals surface area contributed by atoms with E-state index in [1.54, 1.807) is 0 Å². The van der Waals surface area contributed by atoms with Crippen LogP contribution in [0.2, 0.25) is 0 Å². The Hall–Kier alpha value is -0.930. The lowest BCUT2D eigenvalue weighted by Gasteiger charge is -2.28. The number of nitrogens with one attached hydrogen (secondary N) is 1. The Labute approximate surface area is 115 Å². The van der Waals surface area contributed by atoms with Crippen LogP contribution in [-0.2, 0) is 17.9 Å². The lowest BCUT2D eigenvalue weighted by atomic mass is 9.88. The highest BCUT2D eigenvalue weighted by Crippen LogP contribution is 2.27. The highest BCUT2D eigenvalue weighted by atomic mass is 19.1. The van der Waals surface area contributed by atoms with Crippen LogP contribution in [-0.4, -0.2) is 13.2 Å². The monoisotopic (exact) mass is 265 g/mol. The van der Waals surface area contributed by atoms with Crippen molar-refractivity contribution < 1.29 is 9.13 Å². The number of hydrogen-bond acceptors (Lipinski definition) is 2. The van der Waals surface area contributed by atoms with Gasteiger partial charge in [0.2, 0.25) is 0 Å². The minimum absolute atomic E-state index is 0.164. The first-order chi connectivity index (χ1) is 9.20. The maximum atomic E-state index is 13.8. The standard InChI is InChI=1S/C16H24FNO/c1-12-5-3-4-6-16(12)19-11-14-9-13(10-18-2)7-8-15(14)17/h7-9,12,16,18H,3-6,10-11H2,1-2H3. The molecule has 0 radical (unpaired) electrons. The van der Waals surface area contributed by atoms with E-state index in [1.807, 2.05) is 19.2 Å². The van der Waals surface area contributed by atoms with Crippen LogP contribution in [0, 0.1) is 11.7 Å². The van der Waals surface area contributed by atoms with Gasteiger partial charge in [0.05, 0.1) is 12.7 Å². The summed E-state index contributed by atoms with van der Waals surface area (Å²) in [5, 5.41) is 3.08. The molecule has 1 saturated carbocycles. The molecule has 0 spiro atoms. The Bertz CT molecular complexity index is 408. The van der Waals surface area contributed by atoms with E-state index in [4.69, 9.17) is 4.74 Å². The van der Waals surface area contributed by atoms with Gasteiger partial charge in [-0.25, -0.2) is 4.39 Å². The Kier molecular flexibility index (Phi) is 5.34. The number of benzene rings is 1. The zero-order valence-corrected chi connectivity index (χ0v) is 11.9. The molecule has 1 aromatic carbocycles. The molecule has 0 aliphatic heterocycles. The Balaban J connectivity index is 1.96. The fourth-order valence-electron chi connectivity index (χ4n) is 2.78. The van der Waals surface area contributed by atoms with Crippen LogP contribution in [0.3, 0.4) is 0 Å². The van der Waals surface area contributed by atoms with Crippen LogP contribution in [0.5, 0.6) is 0 Å². The van der Waals surface area contributed by atoms with Gasteiger partial charge in [0.25, 0.3) is 0 Å². The molecule has 1 fully saturated rings. The van der Waals surface area contributed by atoms with Crippen LogP contribution in [0.25, 0.3) is 0 Å². The highest BCUT2D eigenvalue weighted by Gasteiger charge is 2.22. The maximum absolute atomic E-state index is 13.8. The van der Waals surface area contributed by atoms with E-state index in [1.165, 1.54) is 25.3 Å². The number of rotatable bonds is 5. The van der Waals surface area contributed by atoms with Crippen molar-refractivity contribution in [1.82, 2.24) is 5.32 Å². The summed E-state index contributed by atoms with van der Waals surface area (Å²) in [4.78, 5) is 0. The van der Waals surface area contributed by atoms with Gasteiger partial charge < -0.3 is 10.1 Å². The van der Waals surface area contributed by atoms with Crippen molar-refractivity contribution in [3.63, 3.8) is 0 Å². The molecule has 0 saturated heterocycles. The van der Waals surface area contributed by atoms with E-state index in [9.17, 15) is 4.39 Å². The molecule has 1 aromatic rings. The third kappa shape index (κ3) is 4.02. The number of halogens is 1. The van der Waals surface area contributed by atoms with Crippen molar-refractivity contribution >= 4 is 0 Å². The molecule has 0 amide bonds. The number of hydrogen-bond donors (Lipinski definition) is 1. The molecule has 2 atom stereocenters. The van der Waals surface area contributed by atoms with Gasteiger partial charge in [-0.15, -0.1) is 0 Å². The summed E-state index contributed by atoms with van der Waals surface area (Å²) >= 11 is 0. The zero-order valence-electron chi connectivity index (χ0n) is 11.9. The SMILES string of the molecule is CNCc1ccc(F)c(COC2CCCCC2C)c1. The summed E-state index contributed by atoms with van der Waals surface area (Å²) in [5.74, 6) is 0.431. The summed E-state index contributed by atoms with van der Waals surface area (Å²) in [6.45, 7) is 3.38. The van der Waals surface area contributed by atoms with Crippen LogP contribution in [0.4, 0.5) is 4.39 Å². The molecule has 1 aliphatic carbocycles. The van der Waals surface area contributed by atoms with Gasteiger partial charge in [-0.05, 0) is 43.5 Å². The van der Waals surface area contributed by atoms with E-state index in [-0.39, 0.29) is 5.82 Å².